The van der Waals surface area contributed by atoms with E-state index in [2.05, 4.69) is 15.9 Å². The number of carbonyl (C=O) groups is 3. The van der Waals surface area contributed by atoms with Crippen molar-refractivity contribution in [1.82, 2.24) is 4.90 Å². The minimum absolute atomic E-state index is 0.187. The third-order valence-corrected chi connectivity index (χ3v) is 8.32. The average molecular weight is 596 g/mol. The fraction of sp³-hybridized carbons (Fsp3) is 0.367. The minimum Gasteiger partial charge on any atom is -0.507 e. The highest BCUT2D eigenvalue weighted by Gasteiger charge is 2.58. The van der Waals surface area contributed by atoms with Crippen LogP contribution in [0.3, 0.4) is 0 Å². The summed E-state index contributed by atoms with van der Waals surface area (Å²) in [5, 5.41) is 10.5. The van der Waals surface area contributed by atoms with Gasteiger partial charge in [0.05, 0.1) is 38.3 Å². The minimum atomic E-state index is -0.946. The Labute approximate surface area is 235 Å². The molecule has 1 N–H and O–H groups in total. The number of phenols is 1. The second-order valence-electron chi connectivity index (χ2n) is 10.0. The Morgan fingerprint density at radius 3 is 2.62 bits per heavy atom. The molecule has 1 aliphatic carbocycles. The van der Waals surface area contributed by atoms with Gasteiger partial charge in [-0.1, -0.05) is 46.3 Å². The van der Waals surface area contributed by atoms with Crippen molar-refractivity contribution < 1.29 is 33.7 Å². The van der Waals surface area contributed by atoms with Gasteiger partial charge in [0.2, 0.25) is 11.8 Å². The predicted molar refractivity (Wildman–Crippen MR) is 147 cm³/mol. The lowest BCUT2D eigenvalue weighted by molar-refractivity contribution is -0.137. The molecule has 3 aliphatic rings. The maximum absolute atomic E-state index is 13.2. The number of phenolic OH excluding ortho intramolecular Hbond substituents is 1. The lowest BCUT2D eigenvalue weighted by Gasteiger charge is -2.31. The molecule has 3 amide bonds. The third-order valence-electron chi connectivity index (χ3n) is 7.82. The molecule has 2 fully saturated rings. The zero-order valence-corrected chi connectivity index (χ0v) is 23.3. The molecular formula is C30H30BrNO7. The smallest absolute Gasteiger partial charge is 0.423 e. The van der Waals surface area contributed by atoms with Gasteiger partial charge in [-0.2, -0.15) is 4.90 Å². The molecule has 204 valence electrons. The van der Waals surface area contributed by atoms with Crippen LogP contribution in [0.5, 0.6) is 5.75 Å². The summed E-state index contributed by atoms with van der Waals surface area (Å²) in [4.78, 5) is 39.1. The Kier molecular flexibility index (Phi) is 8.02. The normalized spacial score (nSPS) is 24.7. The molecule has 4 atom stereocenters. The standard InChI is InChI=1S/C30H30BrNO7/c1-37-15-20-14-22-27(29(35)32(28(22)34)30(36)38-2)23-16-39-25(26(20)23)11-8-18(17-6-4-3-5-7-17)12-19-13-21(31)9-10-24(19)33/h3-7,9-10,12-13,22-23,25,27,33H,8,11,14-16H2,1-2H3/b18-12-/t22-,23+,25-,27-/m1/s1. The molecule has 0 spiro atoms. The molecule has 2 aromatic carbocycles. The number of amides is 3. The highest BCUT2D eigenvalue weighted by Crippen LogP contribution is 2.50. The number of hydrogen-bond acceptors (Lipinski definition) is 7. The van der Waals surface area contributed by atoms with E-state index in [1.54, 1.807) is 19.2 Å². The lowest BCUT2D eigenvalue weighted by Crippen LogP contribution is -2.38. The van der Waals surface area contributed by atoms with Crippen LogP contribution >= 0.6 is 15.9 Å². The van der Waals surface area contributed by atoms with Crippen molar-refractivity contribution in [2.45, 2.75) is 25.4 Å². The molecule has 0 aromatic heterocycles. The number of imide groups is 3. The molecule has 0 unspecified atom stereocenters. The Hall–Kier alpha value is -3.27. The SMILES string of the molecule is COCC1=C2[C@@H](CC/C(=C/c3cc(Br)ccc3O)c3ccccc3)OC[C@@H]2[C@@H]2C(=O)N(C(=O)OC)C(=O)[C@@H]2C1. The first kappa shape index (κ1) is 27.3. The highest BCUT2D eigenvalue weighted by molar-refractivity contribution is 9.10. The van der Waals surface area contributed by atoms with Crippen LogP contribution in [0.15, 0.2) is 64.1 Å². The van der Waals surface area contributed by atoms with Crippen molar-refractivity contribution in [1.29, 1.82) is 0 Å². The number of aromatic hydroxyl groups is 1. The molecule has 8 nitrogen and oxygen atoms in total. The summed E-state index contributed by atoms with van der Waals surface area (Å²) in [6, 6.07) is 15.3. The number of carbonyl (C=O) groups excluding carboxylic acids is 3. The quantitative estimate of drug-likeness (QED) is 0.266. The monoisotopic (exact) mass is 595 g/mol. The van der Waals surface area contributed by atoms with Crippen LogP contribution in [-0.2, 0) is 23.8 Å². The van der Waals surface area contributed by atoms with Crippen molar-refractivity contribution in [3.05, 3.63) is 75.3 Å². The molecule has 5 rings (SSSR count). The summed E-state index contributed by atoms with van der Waals surface area (Å²) in [6.07, 6.45) is 2.39. The summed E-state index contributed by atoms with van der Waals surface area (Å²) in [6.45, 7) is 0.612. The van der Waals surface area contributed by atoms with Crippen molar-refractivity contribution in [2.24, 2.45) is 17.8 Å². The summed E-state index contributed by atoms with van der Waals surface area (Å²) in [7, 11) is 2.76. The molecule has 2 aliphatic heterocycles. The number of ether oxygens (including phenoxy) is 3. The van der Waals surface area contributed by atoms with Gasteiger partial charge in [-0.05, 0) is 65.8 Å². The van der Waals surface area contributed by atoms with E-state index in [-0.39, 0.29) is 17.8 Å². The van der Waals surface area contributed by atoms with Crippen LogP contribution in [0.1, 0.15) is 30.4 Å². The Balaban J connectivity index is 1.44. The van der Waals surface area contributed by atoms with E-state index >= 15 is 0 Å². The number of benzene rings is 2. The van der Waals surface area contributed by atoms with Gasteiger partial charge >= 0.3 is 6.09 Å². The predicted octanol–water partition coefficient (Wildman–Crippen LogP) is 5.20. The highest BCUT2D eigenvalue weighted by atomic mass is 79.9. The van der Waals surface area contributed by atoms with Crippen LogP contribution in [0.4, 0.5) is 4.79 Å². The van der Waals surface area contributed by atoms with Gasteiger partial charge in [0.1, 0.15) is 5.75 Å². The van der Waals surface area contributed by atoms with Crippen LogP contribution < -0.4 is 0 Å². The number of methoxy groups -OCH3 is 2. The molecule has 0 radical (unpaired) electrons. The van der Waals surface area contributed by atoms with Crippen LogP contribution in [-0.4, -0.2) is 61.5 Å². The van der Waals surface area contributed by atoms with E-state index in [1.807, 2.05) is 42.5 Å². The first-order chi connectivity index (χ1) is 18.8. The number of allylic oxidation sites excluding steroid dienone is 1. The summed E-state index contributed by atoms with van der Waals surface area (Å²) in [5.74, 6) is -2.43. The number of halogens is 1. The van der Waals surface area contributed by atoms with Crippen LogP contribution in [0, 0.1) is 17.8 Å². The fourth-order valence-corrected chi connectivity index (χ4v) is 6.50. The van der Waals surface area contributed by atoms with E-state index in [0.717, 1.165) is 33.9 Å². The average Bonchev–Trinajstić information content (AvgIpc) is 3.47. The number of hydrogen-bond donors (Lipinski definition) is 1. The van der Waals surface area contributed by atoms with Crippen molar-refractivity contribution in [2.75, 3.05) is 27.4 Å². The Bertz CT molecular complexity index is 1350. The maximum Gasteiger partial charge on any atom is 0.423 e. The van der Waals surface area contributed by atoms with Gasteiger partial charge in [0, 0.05) is 23.1 Å². The number of rotatable bonds is 7. The second kappa shape index (κ2) is 11.5. The molecule has 9 heteroatoms. The topological polar surface area (TPSA) is 102 Å². The van der Waals surface area contributed by atoms with E-state index in [9.17, 15) is 19.5 Å². The van der Waals surface area contributed by atoms with Gasteiger partial charge in [-0.3, -0.25) is 9.59 Å². The first-order valence-corrected chi connectivity index (χ1v) is 13.7. The molecule has 2 aromatic rings. The molecule has 0 bridgehead atoms. The number of nitrogens with zero attached hydrogens (tertiary/aromatic N) is 1. The van der Waals surface area contributed by atoms with Crippen molar-refractivity contribution in [3.8, 4) is 5.75 Å². The van der Waals surface area contributed by atoms with E-state index in [1.165, 1.54) is 0 Å². The number of likely N-dealkylation sites (tertiary alicyclic amines) is 1. The van der Waals surface area contributed by atoms with Gasteiger partial charge in [-0.15, -0.1) is 0 Å². The van der Waals surface area contributed by atoms with Gasteiger partial charge < -0.3 is 19.3 Å². The van der Waals surface area contributed by atoms with E-state index in [4.69, 9.17) is 14.2 Å². The molecule has 2 heterocycles. The van der Waals surface area contributed by atoms with Gasteiger partial charge in [0.25, 0.3) is 0 Å². The Morgan fingerprint density at radius 1 is 1.13 bits per heavy atom. The molecule has 0 saturated carbocycles. The molecule has 39 heavy (non-hydrogen) atoms. The molecule has 2 saturated heterocycles. The van der Waals surface area contributed by atoms with Crippen LogP contribution in [0.25, 0.3) is 11.6 Å². The van der Waals surface area contributed by atoms with E-state index in [0.29, 0.717) is 42.9 Å². The molecular weight excluding hydrogens is 566 g/mol. The lowest BCUT2D eigenvalue weighted by atomic mass is 9.69. The number of fused-ring (bicyclic) bond motifs is 3. The van der Waals surface area contributed by atoms with Crippen molar-refractivity contribution in [3.63, 3.8) is 0 Å². The maximum atomic E-state index is 13.2. The first-order valence-electron chi connectivity index (χ1n) is 12.9. The fourth-order valence-electron chi connectivity index (χ4n) is 6.12. The Morgan fingerprint density at radius 2 is 1.90 bits per heavy atom. The summed E-state index contributed by atoms with van der Waals surface area (Å²) in [5.41, 5.74) is 4.72. The van der Waals surface area contributed by atoms with Gasteiger partial charge in [0.15, 0.2) is 0 Å². The summed E-state index contributed by atoms with van der Waals surface area (Å²) >= 11 is 3.48. The largest absolute Gasteiger partial charge is 0.507 e. The van der Waals surface area contributed by atoms with Crippen molar-refractivity contribution >= 4 is 45.5 Å². The van der Waals surface area contributed by atoms with Crippen LogP contribution in [0.2, 0.25) is 0 Å². The van der Waals surface area contributed by atoms with Gasteiger partial charge in [-0.25, -0.2) is 4.79 Å². The summed E-state index contributed by atoms with van der Waals surface area (Å²) < 4.78 is 17.3. The zero-order valence-electron chi connectivity index (χ0n) is 21.8. The van der Waals surface area contributed by atoms with E-state index < -0.39 is 29.7 Å². The zero-order chi connectivity index (χ0) is 27.7. The third kappa shape index (κ3) is 5.18. The second-order valence-corrected chi connectivity index (χ2v) is 10.9.